The molecule has 10 heteroatoms. The molecule has 208 valence electrons. The predicted molar refractivity (Wildman–Crippen MR) is 135 cm³/mol. The highest BCUT2D eigenvalue weighted by atomic mass is 19.4. The second kappa shape index (κ2) is 12.5. The molecule has 0 unspecified atom stereocenters. The van der Waals surface area contributed by atoms with E-state index >= 15 is 4.39 Å². The van der Waals surface area contributed by atoms with Crippen molar-refractivity contribution in [1.29, 1.82) is 0 Å². The van der Waals surface area contributed by atoms with Crippen molar-refractivity contribution in [2.24, 2.45) is 5.92 Å². The molecule has 0 aromatic carbocycles. The van der Waals surface area contributed by atoms with Crippen LogP contribution in [-0.2, 0) is 24.1 Å². The number of alkyl halides is 4. The number of halogens is 4. The lowest BCUT2D eigenvalue weighted by Gasteiger charge is -2.35. The summed E-state index contributed by atoms with van der Waals surface area (Å²) >= 11 is 0. The zero-order valence-electron chi connectivity index (χ0n) is 21.9. The van der Waals surface area contributed by atoms with Crippen LogP contribution in [0.4, 0.5) is 17.6 Å². The minimum absolute atomic E-state index is 0.0111. The molecule has 0 saturated heterocycles. The smallest absolute Gasteiger partial charge is 0.389 e. The quantitative estimate of drug-likeness (QED) is 0.379. The number of aryl methyl sites for hydroxylation is 2. The Labute approximate surface area is 221 Å². The SMILES string of the molecule is Cc1cnc(OCC(=O)CC2CCC(F)(CCN3CCc4ccc(CCC(F)(F)F)nc4CC3)CC2)cn1. The fourth-order valence-corrected chi connectivity index (χ4v) is 5.30. The van der Waals surface area contributed by atoms with Crippen LogP contribution >= 0.6 is 0 Å². The molecule has 1 saturated carbocycles. The first-order valence-electron chi connectivity index (χ1n) is 13.5. The third kappa shape index (κ3) is 8.71. The van der Waals surface area contributed by atoms with Crippen molar-refractivity contribution >= 4 is 5.78 Å². The maximum absolute atomic E-state index is 15.6. The number of hydrogen-bond donors (Lipinski definition) is 0. The van der Waals surface area contributed by atoms with Crippen LogP contribution in [0.25, 0.3) is 0 Å². The maximum atomic E-state index is 15.6. The Morgan fingerprint density at radius 3 is 2.61 bits per heavy atom. The van der Waals surface area contributed by atoms with Crippen molar-refractivity contribution in [3.8, 4) is 5.88 Å². The Morgan fingerprint density at radius 2 is 1.89 bits per heavy atom. The minimum atomic E-state index is -4.19. The molecule has 38 heavy (non-hydrogen) atoms. The number of rotatable bonds is 10. The van der Waals surface area contributed by atoms with E-state index in [1.165, 1.54) is 6.20 Å². The van der Waals surface area contributed by atoms with Crippen molar-refractivity contribution in [2.75, 3.05) is 26.2 Å². The van der Waals surface area contributed by atoms with Gasteiger partial charge in [-0.15, -0.1) is 0 Å². The molecule has 0 amide bonds. The average molecular weight is 537 g/mol. The van der Waals surface area contributed by atoms with E-state index in [9.17, 15) is 18.0 Å². The van der Waals surface area contributed by atoms with Gasteiger partial charge in [-0.1, -0.05) is 6.07 Å². The number of hydrogen-bond acceptors (Lipinski definition) is 6. The molecule has 0 atom stereocenters. The topological polar surface area (TPSA) is 68.2 Å². The van der Waals surface area contributed by atoms with E-state index in [-0.39, 0.29) is 24.7 Å². The summed E-state index contributed by atoms with van der Waals surface area (Å²) < 4.78 is 58.7. The molecule has 1 aliphatic heterocycles. The Bertz CT molecular complexity index is 1070. The summed E-state index contributed by atoms with van der Waals surface area (Å²) in [5, 5.41) is 0. The van der Waals surface area contributed by atoms with Crippen molar-refractivity contribution in [3.05, 3.63) is 47.2 Å². The highest BCUT2D eigenvalue weighted by molar-refractivity contribution is 5.80. The van der Waals surface area contributed by atoms with Gasteiger partial charge in [0.25, 0.3) is 0 Å². The van der Waals surface area contributed by atoms with Crippen molar-refractivity contribution < 1.29 is 27.1 Å². The number of carbonyl (C=O) groups excluding carboxylic acids is 1. The Balaban J connectivity index is 1.17. The number of nitrogens with zero attached hydrogens (tertiary/aromatic N) is 4. The molecular formula is C28H36F4N4O2. The zero-order valence-corrected chi connectivity index (χ0v) is 21.9. The normalized spacial score (nSPS) is 22.5. The van der Waals surface area contributed by atoms with Gasteiger partial charge in [0, 0.05) is 50.3 Å². The van der Waals surface area contributed by atoms with Gasteiger partial charge in [-0.2, -0.15) is 13.2 Å². The molecule has 1 fully saturated rings. The van der Waals surface area contributed by atoms with Crippen LogP contribution in [0.1, 0.15) is 67.6 Å². The highest BCUT2D eigenvalue weighted by Gasteiger charge is 2.36. The number of fused-ring (bicyclic) bond motifs is 1. The summed E-state index contributed by atoms with van der Waals surface area (Å²) in [5.74, 6) is 0.483. The van der Waals surface area contributed by atoms with Gasteiger partial charge in [0.05, 0.1) is 18.1 Å². The molecule has 2 aromatic heterocycles. The summed E-state index contributed by atoms with van der Waals surface area (Å²) in [5.41, 5.74) is 1.96. The number of pyridine rings is 1. The first-order valence-corrected chi connectivity index (χ1v) is 13.5. The van der Waals surface area contributed by atoms with Gasteiger partial charge in [-0.05, 0) is 69.4 Å². The molecule has 3 heterocycles. The Kier molecular flexibility index (Phi) is 9.33. The van der Waals surface area contributed by atoms with E-state index in [0.717, 1.165) is 36.5 Å². The average Bonchev–Trinajstić information content (AvgIpc) is 3.09. The number of ketones is 1. The Morgan fingerprint density at radius 1 is 1.13 bits per heavy atom. The van der Waals surface area contributed by atoms with Gasteiger partial charge in [-0.3, -0.25) is 14.8 Å². The van der Waals surface area contributed by atoms with E-state index in [1.807, 2.05) is 13.0 Å². The van der Waals surface area contributed by atoms with E-state index in [1.54, 1.807) is 12.3 Å². The Hall–Kier alpha value is -2.62. The number of carbonyl (C=O) groups is 1. The van der Waals surface area contributed by atoms with Crippen LogP contribution in [0.5, 0.6) is 5.88 Å². The van der Waals surface area contributed by atoms with E-state index in [4.69, 9.17) is 4.74 Å². The lowest BCUT2D eigenvalue weighted by molar-refractivity contribution is -0.134. The summed E-state index contributed by atoms with van der Waals surface area (Å²) in [7, 11) is 0. The van der Waals surface area contributed by atoms with Gasteiger partial charge in [-0.25, -0.2) is 9.37 Å². The van der Waals surface area contributed by atoms with Crippen molar-refractivity contribution in [2.45, 2.75) is 83.0 Å². The number of aromatic nitrogens is 3. The van der Waals surface area contributed by atoms with Crippen LogP contribution in [0.2, 0.25) is 0 Å². The molecule has 0 radical (unpaired) electrons. The second-order valence-corrected chi connectivity index (χ2v) is 10.7. The first kappa shape index (κ1) is 28.4. The monoisotopic (exact) mass is 536 g/mol. The molecule has 0 spiro atoms. The largest absolute Gasteiger partial charge is 0.469 e. The summed E-state index contributed by atoms with van der Waals surface area (Å²) in [6.07, 6.45) is 2.45. The van der Waals surface area contributed by atoms with Gasteiger partial charge < -0.3 is 9.64 Å². The molecule has 2 aliphatic rings. The lowest BCUT2D eigenvalue weighted by atomic mass is 9.76. The lowest BCUT2D eigenvalue weighted by Crippen LogP contribution is -2.36. The van der Waals surface area contributed by atoms with Gasteiger partial charge in [0.15, 0.2) is 5.78 Å². The first-order chi connectivity index (χ1) is 18.1. The molecule has 0 bridgehead atoms. The zero-order chi connectivity index (χ0) is 27.2. The molecule has 6 nitrogen and oxygen atoms in total. The maximum Gasteiger partial charge on any atom is 0.389 e. The fourth-order valence-electron chi connectivity index (χ4n) is 5.30. The second-order valence-electron chi connectivity index (χ2n) is 10.7. The van der Waals surface area contributed by atoms with E-state index < -0.39 is 18.3 Å². The predicted octanol–water partition coefficient (Wildman–Crippen LogP) is 5.40. The fraction of sp³-hybridized carbons (Fsp3) is 0.643. The third-order valence-corrected chi connectivity index (χ3v) is 7.68. The molecule has 2 aromatic rings. The molecule has 1 aliphatic carbocycles. The number of ether oxygens (including phenoxy) is 1. The molecule has 0 N–H and O–H groups in total. The van der Waals surface area contributed by atoms with E-state index in [0.29, 0.717) is 63.1 Å². The standard InChI is InChI=1S/C28H36F4N4O2/c1-20-17-34-26(18-33-20)38-19-24(37)16-21-4-9-27(29,10-5-21)12-15-36-13-7-22-2-3-23(6-11-28(30,31)32)35-25(22)8-14-36/h2-3,17-18,21H,4-16,19H2,1H3. The van der Waals surface area contributed by atoms with Gasteiger partial charge in [0.1, 0.15) is 12.3 Å². The molecular weight excluding hydrogens is 500 g/mol. The van der Waals surface area contributed by atoms with E-state index in [2.05, 4.69) is 19.9 Å². The van der Waals surface area contributed by atoms with Crippen LogP contribution in [0, 0.1) is 12.8 Å². The summed E-state index contributed by atoms with van der Waals surface area (Å²) in [4.78, 5) is 27.2. The van der Waals surface area contributed by atoms with Crippen LogP contribution in [0.15, 0.2) is 24.5 Å². The minimum Gasteiger partial charge on any atom is -0.469 e. The van der Waals surface area contributed by atoms with Crippen LogP contribution in [0.3, 0.4) is 0 Å². The van der Waals surface area contributed by atoms with Crippen LogP contribution < -0.4 is 4.74 Å². The van der Waals surface area contributed by atoms with Gasteiger partial charge in [0.2, 0.25) is 5.88 Å². The number of Topliss-reactive ketones (excluding diaryl/α,β-unsaturated/α-hetero) is 1. The third-order valence-electron chi connectivity index (χ3n) is 7.68. The van der Waals surface area contributed by atoms with Gasteiger partial charge >= 0.3 is 6.18 Å². The molecule has 4 rings (SSSR count). The van der Waals surface area contributed by atoms with Crippen molar-refractivity contribution in [1.82, 2.24) is 19.9 Å². The summed E-state index contributed by atoms with van der Waals surface area (Å²) in [6.45, 7) is 3.92. The summed E-state index contributed by atoms with van der Waals surface area (Å²) in [6, 6.07) is 3.60. The van der Waals surface area contributed by atoms with Crippen molar-refractivity contribution in [3.63, 3.8) is 0 Å². The highest BCUT2D eigenvalue weighted by Crippen LogP contribution is 2.39. The van der Waals surface area contributed by atoms with Crippen LogP contribution in [-0.4, -0.2) is 63.7 Å².